The van der Waals surface area contributed by atoms with Crippen LogP contribution in [-0.4, -0.2) is 14.2 Å². The summed E-state index contributed by atoms with van der Waals surface area (Å²) in [5, 5.41) is 0. The average Bonchev–Trinajstić information content (AvgIpc) is 2.96. The first-order valence-electron chi connectivity index (χ1n) is 5.13. The molecule has 2 rings (SSSR count). The minimum atomic E-state index is -0.121. The normalized spacial score (nSPS) is 17.3. The monoisotopic (exact) mass is 207 g/mol. The summed E-state index contributed by atoms with van der Waals surface area (Å²) >= 11 is 0. The van der Waals surface area contributed by atoms with Gasteiger partial charge in [-0.15, -0.1) is 0 Å². The Morgan fingerprint density at radius 2 is 1.87 bits per heavy atom. The molecule has 0 aliphatic heterocycles. The highest BCUT2D eigenvalue weighted by atomic mass is 16.5. The second-order valence-corrected chi connectivity index (χ2v) is 4.18. The Hall–Kier alpha value is -1.22. The van der Waals surface area contributed by atoms with Crippen LogP contribution in [0.15, 0.2) is 12.1 Å². The molecule has 82 valence electrons. The number of hydrogen-bond acceptors (Lipinski definition) is 3. The number of nitrogens with two attached hydrogens (primary N) is 1. The van der Waals surface area contributed by atoms with Crippen molar-refractivity contribution in [1.29, 1.82) is 0 Å². The van der Waals surface area contributed by atoms with Crippen LogP contribution in [0.3, 0.4) is 0 Å². The zero-order chi connectivity index (χ0) is 11.1. The maximum Gasteiger partial charge on any atom is 0.163 e. The van der Waals surface area contributed by atoms with Crippen molar-refractivity contribution in [3.8, 4) is 11.5 Å². The highest BCUT2D eigenvalue weighted by molar-refractivity contribution is 5.51. The molecule has 0 bridgehead atoms. The predicted molar refractivity (Wildman–Crippen MR) is 59.4 cm³/mol. The van der Waals surface area contributed by atoms with E-state index < -0.39 is 0 Å². The van der Waals surface area contributed by atoms with Crippen molar-refractivity contribution in [3.63, 3.8) is 0 Å². The van der Waals surface area contributed by atoms with Gasteiger partial charge in [0.25, 0.3) is 0 Å². The van der Waals surface area contributed by atoms with Gasteiger partial charge in [0.15, 0.2) is 11.5 Å². The molecule has 1 aromatic carbocycles. The van der Waals surface area contributed by atoms with Crippen LogP contribution in [0.25, 0.3) is 0 Å². The van der Waals surface area contributed by atoms with Gasteiger partial charge in [0.05, 0.1) is 14.2 Å². The van der Waals surface area contributed by atoms with Crippen molar-refractivity contribution < 1.29 is 9.47 Å². The molecule has 0 radical (unpaired) electrons. The zero-order valence-corrected chi connectivity index (χ0v) is 9.46. The fraction of sp³-hybridized carbons (Fsp3) is 0.500. The number of aryl methyl sites for hydroxylation is 1. The lowest BCUT2D eigenvalue weighted by Crippen LogP contribution is -2.19. The molecular weight excluding hydrogens is 190 g/mol. The molecule has 0 spiro atoms. The van der Waals surface area contributed by atoms with Gasteiger partial charge in [-0.3, -0.25) is 0 Å². The molecule has 0 aromatic heterocycles. The van der Waals surface area contributed by atoms with Crippen molar-refractivity contribution in [2.45, 2.75) is 25.3 Å². The highest BCUT2D eigenvalue weighted by Gasteiger charge is 2.40. The van der Waals surface area contributed by atoms with E-state index in [2.05, 4.69) is 6.07 Å². The van der Waals surface area contributed by atoms with Gasteiger partial charge in [0.1, 0.15) is 0 Å². The second-order valence-electron chi connectivity index (χ2n) is 4.18. The topological polar surface area (TPSA) is 44.5 Å². The molecule has 0 atom stereocenters. The average molecular weight is 207 g/mol. The summed E-state index contributed by atoms with van der Waals surface area (Å²) in [6.07, 6.45) is 2.11. The van der Waals surface area contributed by atoms with E-state index in [1.807, 2.05) is 13.0 Å². The van der Waals surface area contributed by atoms with Crippen molar-refractivity contribution in [3.05, 3.63) is 23.3 Å². The molecule has 0 amide bonds. The van der Waals surface area contributed by atoms with E-state index in [-0.39, 0.29) is 5.54 Å². The van der Waals surface area contributed by atoms with Crippen molar-refractivity contribution in [2.24, 2.45) is 5.73 Å². The van der Waals surface area contributed by atoms with Crippen molar-refractivity contribution >= 4 is 0 Å². The summed E-state index contributed by atoms with van der Waals surface area (Å²) in [7, 11) is 3.30. The Kier molecular flexibility index (Phi) is 2.35. The molecule has 0 unspecified atom stereocenters. The third-order valence-electron chi connectivity index (χ3n) is 3.03. The summed E-state index contributed by atoms with van der Waals surface area (Å²) in [6.45, 7) is 2.01. The van der Waals surface area contributed by atoms with Crippen LogP contribution >= 0.6 is 0 Å². The summed E-state index contributed by atoms with van der Waals surface area (Å²) < 4.78 is 10.6. The second kappa shape index (κ2) is 3.42. The quantitative estimate of drug-likeness (QED) is 0.824. The molecule has 15 heavy (non-hydrogen) atoms. The third kappa shape index (κ3) is 1.67. The first-order valence-corrected chi connectivity index (χ1v) is 5.13. The molecule has 3 heteroatoms. The molecule has 1 aliphatic rings. The molecule has 1 aromatic rings. The fourth-order valence-electron chi connectivity index (χ4n) is 1.87. The molecule has 1 saturated carbocycles. The lowest BCUT2D eigenvalue weighted by Gasteiger charge is -2.16. The summed E-state index contributed by atoms with van der Waals surface area (Å²) in [4.78, 5) is 0. The van der Waals surface area contributed by atoms with Crippen LogP contribution in [0.4, 0.5) is 0 Å². The van der Waals surface area contributed by atoms with Crippen LogP contribution in [0.2, 0.25) is 0 Å². The highest BCUT2D eigenvalue weighted by Crippen LogP contribution is 2.46. The molecule has 0 heterocycles. The van der Waals surface area contributed by atoms with Crippen LogP contribution < -0.4 is 15.2 Å². The number of rotatable bonds is 3. The Balaban J connectivity index is 2.48. The lowest BCUT2D eigenvalue weighted by atomic mass is 10.0. The Morgan fingerprint density at radius 3 is 2.33 bits per heavy atom. The first kappa shape index (κ1) is 10.3. The van der Waals surface area contributed by atoms with E-state index in [0.29, 0.717) is 0 Å². The molecule has 1 fully saturated rings. The molecule has 3 nitrogen and oxygen atoms in total. The number of ether oxygens (including phenoxy) is 2. The van der Waals surface area contributed by atoms with E-state index in [1.54, 1.807) is 14.2 Å². The lowest BCUT2D eigenvalue weighted by molar-refractivity contribution is 0.352. The van der Waals surface area contributed by atoms with E-state index in [0.717, 1.165) is 35.5 Å². The van der Waals surface area contributed by atoms with Gasteiger partial charge in [0.2, 0.25) is 0 Å². The SMILES string of the molecule is COc1cc(C2(N)CC2)cc(C)c1OC. The minimum absolute atomic E-state index is 0.121. The number of methoxy groups -OCH3 is 2. The number of hydrogen-bond donors (Lipinski definition) is 1. The van der Waals surface area contributed by atoms with Gasteiger partial charge in [-0.2, -0.15) is 0 Å². The third-order valence-corrected chi connectivity index (χ3v) is 3.03. The van der Waals surface area contributed by atoms with Gasteiger partial charge < -0.3 is 15.2 Å². The summed E-state index contributed by atoms with van der Waals surface area (Å²) in [6, 6.07) is 4.08. The summed E-state index contributed by atoms with van der Waals surface area (Å²) in [5.41, 5.74) is 8.26. The van der Waals surface area contributed by atoms with Crippen molar-refractivity contribution in [2.75, 3.05) is 14.2 Å². The maximum absolute atomic E-state index is 6.16. The predicted octanol–water partition coefficient (Wildman–Crippen LogP) is 1.96. The molecular formula is C12H17NO2. The van der Waals surface area contributed by atoms with E-state index >= 15 is 0 Å². The van der Waals surface area contributed by atoms with Gasteiger partial charge >= 0.3 is 0 Å². The smallest absolute Gasteiger partial charge is 0.163 e. The van der Waals surface area contributed by atoms with Crippen LogP contribution in [0, 0.1) is 6.92 Å². The first-order chi connectivity index (χ1) is 7.10. The molecule has 1 aliphatic carbocycles. The number of benzene rings is 1. The Bertz CT molecular complexity index is 383. The Morgan fingerprint density at radius 1 is 1.20 bits per heavy atom. The van der Waals surface area contributed by atoms with Gasteiger partial charge in [-0.25, -0.2) is 0 Å². The van der Waals surface area contributed by atoms with E-state index in [4.69, 9.17) is 15.2 Å². The van der Waals surface area contributed by atoms with Gasteiger partial charge in [-0.1, -0.05) is 6.07 Å². The zero-order valence-electron chi connectivity index (χ0n) is 9.46. The van der Waals surface area contributed by atoms with Crippen LogP contribution in [0.1, 0.15) is 24.0 Å². The minimum Gasteiger partial charge on any atom is -0.493 e. The molecule has 0 saturated heterocycles. The summed E-state index contributed by atoms with van der Waals surface area (Å²) in [5.74, 6) is 1.56. The Labute approximate surface area is 90.2 Å². The maximum atomic E-state index is 6.16. The van der Waals surface area contributed by atoms with E-state index in [9.17, 15) is 0 Å². The van der Waals surface area contributed by atoms with E-state index in [1.165, 1.54) is 0 Å². The van der Waals surface area contributed by atoms with Crippen molar-refractivity contribution in [1.82, 2.24) is 0 Å². The molecule has 2 N–H and O–H groups in total. The van der Waals surface area contributed by atoms with Gasteiger partial charge in [0, 0.05) is 5.54 Å². The fourth-order valence-corrected chi connectivity index (χ4v) is 1.87. The van der Waals surface area contributed by atoms with Crippen LogP contribution in [-0.2, 0) is 5.54 Å². The van der Waals surface area contributed by atoms with Crippen LogP contribution in [0.5, 0.6) is 11.5 Å². The standard InChI is InChI=1S/C12H17NO2/c1-8-6-9(12(13)4-5-12)7-10(14-2)11(8)15-3/h6-7H,4-5,13H2,1-3H3. The largest absolute Gasteiger partial charge is 0.493 e. The van der Waals surface area contributed by atoms with Gasteiger partial charge in [-0.05, 0) is 37.0 Å².